The number of benzene rings is 1. The standard InChI is InChI=1S/C15H20FN3O3S/c1-23(21,22)19-8-12-7-17-9-15(12,10-19)14(20)18-6-11-4-2-3-5-13(11)16/h2-5,12,17H,6-10H2,1H3,(H,18,20)/t12-,15-/m1/s1. The number of carbonyl (C=O) groups excluding carboxylic acids is 1. The average Bonchev–Trinajstić information content (AvgIpc) is 3.03. The van der Waals surface area contributed by atoms with Crippen LogP contribution in [0.4, 0.5) is 4.39 Å². The second-order valence-electron chi connectivity index (χ2n) is 6.31. The molecule has 8 heteroatoms. The fourth-order valence-electron chi connectivity index (χ4n) is 3.44. The Balaban J connectivity index is 1.74. The van der Waals surface area contributed by atoms with Crippen LogP contribution in [-0.4, -0.2) is 51.1 Å². The van der Waals surface area contributed by atoms with Gasteiger partial charge in [0.15, 0.2) is 0 Å². The molecule has 1 amide bonds. The van der Waals surface area contributed by atoms with E-state index >= 15 is 0 Å². The second-order valence-corrected chi connectivity index (χ2v) is 8.30. The molecule has 2 saturated heterocycles. The van der Waals surface area contributed by atoms with Crippen LogP contribution < -0.4 is 10.6 Å². The summed E-state index contributed by atoms with van der Waals surface area (Å²) in [6.07, 6.45) is 1.16. The number of nitrogens with zero attached hydrogens (tertiary/aromatic N) is 1. The fourth-order valence-corrected chi connectivity index (χ4v) is 4.36. The Kier molecular flexibility index (Phi) is 4.16. The maximum absolute atomic E-state index is 13.7. The van der Waals surface area contributed by atoms with Crippen molar-refractivity contribution in [1.29, 1.82) is 0 Å². The van der Waals surface area contributed by atoms with Gasteiger partial charge in [0.2, 0.25) is 15.9 Å². The van der Waals surface area contributed by atoms with Gasteiger partial charge in [-0.2, -0.15) is 0 Å². The van der Waals surface area contributed by atoms with E-state index in [0.717, 1.165) is 6.26 Å². The van der Waals surface area contributed by atoms with Gasteiger partial charge in [0.1, 0.15) is 5.82 Å². The summed E-state index contributed by atoms with van der Waals surface area (Å²) in [5, 5.41) is 5.95. The van der Waals surface area contributed by atoms with E-state index in [1.807, 2.05) is 0 Å². The Morgan fingerprint density at radius 2 is 2.22 bits per heavy atom. The first-order valence-corrected chi connectivity index (χ1v) is 9.35. The van der Waals surface area contributed by atoms with Gasteiger partial charge in [0.05, 0.1) is 11.7 Å². The highest BCUT2D eigenvalue weighted by Crippen LogP contribution is 2.40. The first kappa shape index (κ1) is 16.4. The van der Waals surface area contributed by atoms with E-state index in [2.05, 4.69) is 10.6 Å². The number of halogens is 1. The van der Waals surface area contributed by atoms with Gasteiger partial charge >= 0.3 is 0 Å². The highest BCUT2D eigenvalue weighted by atomic mass is 32.2. The molecule has 0 aromatic heterocycles. The van der Waals surface area contributed by atoms with Gasteiger partial charge in [-0.25, -0.2) is 17.1 Å². The van der Waals surface area contributed by atoms with Crippen LogP contribution in [0.3, 0.4) is 0 Å². The molecule has 2 heterocycles. The van der Waals surface area contributed by atoms with Crippen molar-refractivity contribution < 1.29 is 17.6 Å². The van der Waals surface area contributed by atoms with E-state index in [1.165, 1.54) is 10.4 Å². The Hall–Kier alpha value is -1.51. The minimum Gasteiger partial charge on any atom is -0.351 e. The number of hydrogen-bond donors (Lipinski definition) is 2. The van der Waals surface area contributed by atoms with Crippen molar-refractivity contribution >= 4 is 15.9 Å². The van der Waals surface area contributed by atoms with Crippen molar-refractivity contribution in [2.75, 3.05) is 32.4 Å². The maximum atomic E-state index is 13.7. The molecule has 2 atom stereocenters. The Bertz CT molecular complexity index is 724. The van der Waals surface area contributed by atoms with Crippen LogP contribution in [0.5, 0.6) is 0 Å². The number of sulfonamides is 1. The molecule has 2 aliphatic heterocycles. The van der Waals surface area contributed by atoms with Crippen LogP contribution in [0, 0.1) is 17.2 Å². The molecule has 0 aliphatic carbocycles. The van der Waals surface area contributed by atoms with Gasteiger partial charge in [-0.15, -0.1) is 0 Å². The lowest BCUT2D eigenvalue weighted by atomic mass is 9.80. The molecule has 0 radical (unpaired) electrons. The van der Waals surface area contributed by atoms with E-state index in [-0.39, 0.29) is 30.7 Å². The summed E-state index contributed by atoms with van der Waals surface area (Å²) < 4.78 is 38.6. The Morgan fingerprint density at radius 1 is 1.48 bits per heavy atom. The maximum Gasteiger partial charge on any atom is 0.229 e. The molecule has 0 spiro atoms. The molecule has 6 nitrogen and oxygen atoms in total. The summed E-state index contributed by atoms with van der Waals surface area (Å²) in [5.41, 5.74) is -0.355. The third kappa shape index (κ3) is 2.98. The Labute approximate surface area is 135 Å². The van der Waals surface area contributed by atoms with E-state index in [0.29, 0.717) is 25.2 Å². The van der Waals surface area contributed by atoms with Crippen LogP contribution in [0.25, 0.3) is 0 Å². The van der Waals surface area contributed by atoms with Gasteiger partial charge < -0.3 is 10.6 Å². The molecule has 23 heavy (non-hydrogen) atoms. The molecule has 0 bridgehead atoms. The topological polar surface area (TPSA) is 78.5 Å². The zero-order valence-corrected chi connectivity index (χ0v) is 13.7. The lowest BCUT2D eigenvalue weighted by molar-refractivity contribution is -0.130. The van der Waals surface area contributed by atoms with Gasteiger partial charge in [0, 0.05) is 44.2 Å². The molecule has 0 unspecified atom stereocenters. The summed E-state index contributed by atoms with van der Waals surface area (Å²) in [5.74, 6) is -0.643. The molecule has 3 rings (SSSR count). The largest absolute Gasteiger partial charge is 0.351 e. The van der Waals surface area contributed by atoms with Gasteiger partial charge in [-0.3, -0.25) is 4.79 Å². The monoisotopic (exact) mass is 341 g/mol. The Morgan fingerprint density at radius 3 is 2.91 bits per heavy atom. The van der Waals surface area contributed by atoms with Crippen LogP contribution in [0.1, 0.15) is 5.56 Å². The minimum absolute atomic E-state index is 0.0576. The van der Waals surface area contributed by atoms with Crippen LogP contribution in [-0.2, 0) is 21.4 Å². The second kappa shape index (κ2) is 5.85. The third-order valence-corrected chi connectivity index (χ3v) is 6.03. The number of fused-ring (bicyclic) bond motifs is 1. The van der Waals surface area contributed by atoms with Crippen LogP contribution in [0.15, 0.2) is 24.3 Å². The van der Waals surface area contributed by atoms with Crippen molar-refractivity contribution in [2.24, 2.45) is 11.3 Å². The fraction of sp³-hybridized carbons (Fsp3) is 0.533. The van der Waals surface area contributed by atoms with Gasteiger partial charge in [-0.05, 0) is 6.07 Å². The van der Waals surface area contributed by atoms with Gasteiger partial charge in [-0.1, -0.05) is 18.2 Å². The average molecular weight is 341 g/mol. The highest BCUT2D eigenvalue weighted by Gasteiger charge is 2.56. The number of rotatable bonds is 4. The number of amides is 1. The summed E-state index contributed by atoms with van der Waals surface area (Å²) in [6.45, 7) is 1.66. The molecule has 126 valence electrons. The van der Waals surface area contributed by atoms with E-state index in [1.54, 1.807) is 18.2 Å². The number of hydrogen-bond acceptors (Lipinski definition) is 4. The SMILES string of the molecule is CS(=O)(=O)N1C[C@H]2CNC[C@@]2(C(=O)NCc2ccccc2F)C1. The van der Waals surface area contributed by atoms with Crippen LogP contribution in [0.2, 0.25) is 0 Å². The zero-order valence-electron chi connectivity index (χ0n) is 12.9. The zero-order chi connectivity index (χ0) is 16.7. The van der Waals surface area contributed by atoms with Crippen LogP contribution >= 0.6 is 0 Å². The van der Waals surface area contributed by atoms with Crippen molar-refractivity contribution in [2.45, 2.75) is 6.54 Å². The molecule has 1 aromatic carbocycles. The molecule has 2 N–H and O–H groups in total. The first-order chi connectivity index (χ1) is 10.8. The molecular formula is C15H20FN3O3S. The molecular weight excluding hydrogens is 321 g/mol. The van der Waals surface area contributed by atoms with Crippen molar-refractivity contribution in [3.05, 3.63) is 35.6 Å². The quantitative estimate of drug-likeness (QED) is 0.803. The normalized spacial score (nSPS) is 27.8. The summed E-state index contributed by atoms with van der Waals surface area (Å²) in [4.78, 5) is 12.7. The summed E-state index contributed by atoms with van der Waals surface area (Å²) >= 11 is 0. The summed E-state index contributed by atoms with van der Waals surface area (Å²) in [6, 6.07) is 6.27. The molecule has 2 aliphatic rings. The number of nitrogens with one attached hydrogen (secondary N) is 2. The smallest absolute Gasteiger partial charge is 0.229 e. The van der Waals surface area contributed by atoms with Crippen molar-refractivity contribution in [3.8, 4) is 0 Å². The minimum atomic E-state index is -3.32. The predicted octanol–water partition coefficient (Wildman–Crippen LogP) is -0.0771. The molecule has 0 saturated carbocycles. The summed E-state index contributed by atoms with van der Waals surface area (Å²) in [7, 11) is -3.32. The van der Waals surface area contributed by atoms with E-state index < -0.39 is 15.4 Å². The van der Waals surface area contributed by atoms with Crippen molar-refractivity contribution in [1.82, 2.24) is 14.9 Å². The first-order valence-electron chi connectivity index (χ1n) is 7.50. The van der Waals surface area contributed by atoms with E-state index in [9.17, 15) is 17.6 Å². The number of carbonyl (C=O) groups is 1. The highest BCUT2D eigenvalue weighted by molar-refractivity contribution is 7.88. The van der Waals surface area contributed by atoms with Crippen molar-refractivity contribution in [3.63, 3.8) is 0 Å². The molecule has 2 fully saturated rings. The third-order valence-electron chi connectivity index (χ3n) is 4.81. The van der Waals surface area contributed by atoms with Gasteiger partial charge in [0.25, 0.3) is 0 Å². The lowest BCUT2D eigenvalue weighted by Gasteiger charge is -2.26. The predicted molar refractivity (Wildman–Crippen MR) is 83.5 cm³/mol. The molecule has 1 aromatic rings. The lowest BCUT2D eigenvalue weighted by Crippen LogP contribution is -2.47. The van der Waals surface area contributed by atoms with E-state index in [4.69, 9.17) is 0 Å².